The van der Waals surface area contributed by atoms with E-state index >= 15 is 0 Å². The van der Waals surface area contributed by atoms with Gasteiger partial charge >= 0.3 is 0 Å². The molecular weight excluding hydrogens is 164 g/mol. The topological polar surface area (TPSA) is 18.5 Å². The van der Waals surface area contributed by atoms with E-state index in [2.05, 4.69) is 20.8 Å². The molecule has 0 aliphatic heterocycles. The molecule has 0 atom stereocenters. The zero-order valence-corrected chi connectivity index (χ0v) is 9.04. The second-order valence-electron chi connectivity index (χ2n) is 3.11. The summed E-state index contributed by atoms with van der Waals surface area (Å²) in [4.78, 5) is 0. The van der Waals surface area contributed by atoms with E-state index in [4.69, 9.17) is 9.47 Å². The number of allylic oxidation sites excluding steroid dienone is 3. The van der Waals surface area contributed by atoms with Crippen molar-refractivity contribution < 1.29 is 9.47 Å². The van der Waals surface area contributed by atoms with Crippen LogP contribution in [0.2, 0.25) is 0 Å². The van der Waals surface area contributed by atoms with Gasteiger partial charge in [0.05, 0.1) is 12.0 Å². The lowest BCUT2D eigenvalue weighted by atomic mass is 10.2. The SMILES string of the molecule is C/C=C(\CC)OCO/C=C/C(C)C. The van der Waals surface area contributed by atoms with Crippen LogP contribution in [0.4, 0.5) is 0 Å². The van der Waals surface area contributed by atoms with Crippen molar-refractivity contribution in [3.05, 3.63) is 24.2 Å². The Morgan fingerprint density at radius 2 is 2.08 bits per heavy atom. The van der Waals surface area contributed by atoms with Gasteiger partial charge in [-0.1, -0.05) is 20.8 Å². The Labute approximate surface area is 81.2 Å². The van der Waals surface area contributed by atoms with Crippen molar-refractivity contribution in [1.29, 1.82) is 0 Å². The molecule has 2 nitrogen and oxygen atoms in total. The van der Waals surface area contributed by atoms with Gasteiger partial charge in [-0.2, -0.15) is 0 Å². The Morgan fingerprint density at radius 3 is 2.54 bits per heavy atom. The van der Waals surface area contributed by atoms with Crippen molar-refractivity contribution in [3.63, 3.8) is 0 Å². The summed E-state index contributed by atoms with van der Waals surface area (Å²) in [5, 5.41) is 0. The van der Waals surface area contributed by atoms with E-state index in [0.717, 1.165) is 12.2 Å². The molecule has 0 N–H and O–H groups in total. The minimum atomic E-state index is 0.302. The zero-order valence-electron chi connectivity index (χ0n) is 9.04. The standard InChI is InChI=1S/C11H20O2/c1-5-11(6-2)13-9-12-8-7-10(3)4/h5,7-8,10H,6,9H2,1-4H3/b8-7+,11-5+. The lowest BCUT2D eigenvalue weighted by molar-refractivity contribution is 0.0253. The second kappa shape index (κ2) is 7.71. The van der Waals surface area contributed by atoms with Crippen LogP contribution in [0.25, 0.3) is 0 Å². The Hall–Kier alpha value is -0.920. The molecule has 0 saturated carbocycles. The van der Waals surface area contributed by atoms with Gasteiger partial charge in [-0.3, -0.25) is 0 Å². The zero-order chi connectivity index (χ0) is 10.1. The van der Waals surface area contributed by atoms with Gasteiger partial charge in [0.15, 0.2) is 0 Å². The van der Waals surface area contributed by atoms with E-state index in [1.54, 1.807) is 6.26 Å². The van der Waals surface area contributed by atoms with E-state index in [1.807, 2.05) is 19.1 Å². The van der Waals surface area contributed by atoms with Crippen molar-refractivity contribution in [3.8, 4) is 0 Å². The van der Waals surface area contributed by atoms with Crippen molar-refractivity contribution in [2.75, 3.05) is 6.79 Å². The summed E-state index contributed by atoms with van der Waals surface area (Å²) < 4.78 is 10.4. The molecule has 0 aliphatic rings. The highest BCUT2D eigenvalue weighted by Gasteiger charge is 1.90. The van der Waals surface area contributed by atoms with Crippen LogP contribution in [0.5, 0.6) is 0 Å². The molecule has 76 valence electrons. The Balaban J connectivity index is 3.45. The largest absolute Gasteiger partial charge is 0.465 e. The summed E-state index contributed by atoms with van der Waals surface area (Å²) in [6, 6.07) is 0. The molecule has 13 heavy (non-hydrogen) atoms. The average molecular weight is 184 g/mol. The van der Waals surface area contributed by atoms with Gasteiger partial charge in [0.2, 0.25) is 6.79 Å². The van der Waals surface area contributed by atoms with Crippen LogP contribution in [0.1, 0.15) is 34.1 Å². The molecule has 0 radical (unpaired) electrons. The highest BCUT2D eigenvalue weighted by Crippen LogP contribution is 2.02. The van der Waals surface area contributed by atoms with E-state index in [-0.39, 0.29) is 0 Å². The van der Waals surface area contributed by atoms with Crippen LogP contribution >= 0.6 is 0 Å². The molecule has 0 bridgehead atoms. The summed E-state index contributed by atoms with van der Waals surface area (Å²) in [7, 11) is 0. The molecule has 0 heterocycles. The highest BCUT2D eigenvalue weighted by molar-refractivity contribution is 4.88. The van der Waals surface area contributed by atoms with Crippen LogP contribution in [0.15, 0.2) is 24.2 Å². The molecule has 0 saturated heterocycles. The first-order valence-corrected chi connectivity index (χ1v) is 4.77. The van der Waals surface area contributed by atoms with E-state index in [1.165, 1.54) is 0 Å². The summed E-state index contributed by atoms with van der Waals surface area (Å²) in [6.07, 6.45) is 6.54. The van der Waals surface area contributed by atoms with Crippen molar-refractivity contribution in [2.24, 2.45) is 5.92 Å². The normalized spacial score (nSPS) is 12.5. The third-order valence-electron chi connectivity index (χ3n) is 1.54. The van der Waals surface area contributed by atoms with E-state index in [0.29, 0.717) is 12.7 Å². The maximum Gasteiger partial charge on any atom is 0.229 e. The van der Waals surface area contributed by atoms with Gasteiger partial charge in [0.1, 0.15) is 0 Å². The molecule has 0 aromatic heterocycles. The van der Waals surface area contributed by atoms with Crippen molar-refractivity contribution in [2.45, 2.75) is 34.1 Å². The Morgan fingerprint density at radius 1 is 1.38 bits per heavy atom. The third kappa shape index (κ3) is 7.44. The number of ether oxygens (including phenoxy) is 2. The average Bonchev–Trinajstić information content (AvgIpc) is 2.11. The Bertz CT molecular complexity index is 169. The van der Waals surface area contributed by atoms with Gasteiger partial charge < -0.3 is 9.47 Å². The first kappa shape index (κ1) is 12.1. The van der Waals surface area contributed by atoms with Gasteiger partial charge in [-0.25, -0.2) is 0 Å². The number of hydrogen-bond donors (Lipinski definition) is 0. The molecule has 0 aromatic carbocycles. The van der Waals surface area contributed by atoms with Crippen LogP contribution in [-0.2, 0) is 9.47 Å². The van der Waals surface area contributed by atoms with Gasteiger partial charge in [-0.05, 0) is 25.0 Å². The van der Waals surface area contributed by atoms with Crippen LogP contribution in [0.3, 0.4) is 0 Å². The monoisotopic (exact) mass is 184 g/mol. The maximum absolute atomic E-state index is 5.31. The minimum absolute atomic E-state index is 0.302. The molecule has 0 fully saturated rings. The minimum Gasteiger partial charge on any atom is -0.465 e. The van der Waals surface area contributed by atoms with Crippen LogP contribution < -0.4 is 0 Å². The Kier molecular flexibility index (Phi) is 7.17. The fourth-order valence-electron chi connectivity index (χ4n) is 0.751. The number of hydrogen-bond acceptors (Lipinski definition) is 2. The summed E-state index contributed by atoms with van der Waals surface area (Å²) in [6.45, 7) is 8.52. The second-order valence-corrected chi connectivity index (χ2v) is 3.11. The molecular formula is C11H20O2. The number of rotatable bonds is 6. The van der Waals surface area contributed by atoms with Gasteiger partial charge in [0.25, 0.3) is 0 Å². The predicted octanol–water partition coefficient (Wildman–Crippen LogP) is 3.46. The van der Waals surface area contributed by atoms with Crippen LogP contribution in [0, 0.1) is 5.92 Å². The molecule has 0 spiro atoms. The lowest BCUT2D eigenvalue weighted by Gasteiger charge is -2.07. The molecule has 0 aromatic rings. The first-order chi connectivity index (χ1) is 6.20. The van der Waals surface area contributed by atoms with E-state index < -0.39 is 0 Å². The summed E-state index contributed by atoms with van der Waals surface area (Å²) in [5.74, 6) is 1.49. The van der Waals surface area contributed by atoms with Crippen LogP contribution in [-0.4, -0.2) is 6.79 Å². The maximum atomic E-state index is 5.31. The highest BCUT2D eigenvalue weighted by atomic mass is 16.7. The predicted molar refractivity (Wildman–Crippen MR) is 55.1 cm³/mol. The summed E-state index contributed by atoms with van der Waals surface area (Å²) >= 11 is 0. The smallest absolute Gasteiger partial charge is 0.229 e. The molecule has 2 heteroatoms. The molecule has 0 rings (SSSR count). The van der Waals surface area contributed by atoms with E-state index in [9.17, 15) is 0 Å². The van der Waals surface area contributed by atoms with Crippen molar-refractivity contribution >= 4 is 0 Å². The first-order valence-electron chi connectivity index (χ1n) is 4.77. The van der Waals surface area contributed by atoms with Gasteiger partial charge in [0, 0.05) is 6.42 Å². The third-order valence-corrected chi connectivity index (χ3v) is 1.54. The van der Waals surface area contributed by atoms with Crippen molar-refractivity contribution in [1.82, 2.24) is 0 Å². The molecule has 0 amide bonds. The quantitative estimate of drug-likeness (QED) is 0.357. The fourth-order valence-corrected chi connectivity index (χ4v) is 0.751. The molecule has 0 aliphatic carbocycles. The molecule has 0 unspecified atom stereocenters. The van der Waals surface area contributed by atoms with Gasteiger partial charge in [-0.15, -0.1) is 0 Å². The fraction of sp³-hybridized carbons (Fsp3) is 0.636. The summed E-state index contributed by atoms with van der Waals surface area (Å²) in [5.41, 5.74) is 0. The lowest BCUT2D eigenvalue weighted by Crippen LogP contribution is -1.95.